The van der Waals surface area contributed by atoms with Gasteiger partial charge in [-0.1, -0.05) is 0 Å². The summed E-state index contributed by atoms with van der Waals surface area (Å²) >= 11 is 0. The highest BCUT2D eigenvalue weighted by Crippen LogP contribution is 1.92. The molecular weight excluding hydrogens is 204 g/mol. The number of amides is 2. The molecule has 0 aliphatic heterocycles. The third kappa shape index (κ3) is 4.93. The third-order valence-corrected chi connectivity index (χ3v) is 1.61. The van der Waals surface area contributed by atoms with Crippen LogP contribution in [0, 0.1) is 0 Å². The fourth-order valence-electron chi connectivity index (χ4n) is 0.787. The molecule has 0 aromatic heterocycles. The maximum atomic E-state index is 11.1. The van der Waals surface area contributed by atoms with Crippen LogP contribution in [0.3, 0.4) is 0 Å². The first-order valence-electron chi connectivity index (χ1n) is 4.15. The minimum absolute atomic E-state index is 0.116. The Kier molecular flexibility index (Phi) is 5.27. The van der Waals surface area contributed by atoms with Crippen molar-refractivity contribution in [1.29, 1.82) is 0 Å². The summed E-state index contributed by atoms with van der Waals surface area (Å²) in [5.74, 6) is -2.92. The Morgan fingerprint density at radius 2 is 1.87 bits per heavy atom. The van der Waals surface area contributed by atoms with Crippen molar-refractivity contribution in [3.8, 4) is 0 Å². The summed E-state index contributed by atoms with van der Waals surface area (Å²) in [6.07, 6.45) is -0.488. The highest BCUT2D eigenvalue weighted by atomic mass is 16.4. The fraction of sp³-hybridized carbons (Fsp3) is 0.571. The van der Waals surface area contributed by atoms with Gasteiger partial charge in [-0.3, -0.25) is 9.59 Å². The summed E-state index contributed by atoms with van der Waals surface area (Å²) in [7, 11) is 0. The zero-order valence-electron chi connectivity index (χ0n) is 7.97. The van der Waals surface area contributed by atoms with Crippen molar-refractivity contribution in [3.63, 3.8) is 0 Å². The van der Waals surface area contributed by atoms with Crippen molar-refractivity contribution in [2.24, 2.45) is 17.2 Å². The molecule has 0 fully saturated rings. The number of carbonyl (C=O) groups is 3. The molecule has 0 spiro atoms. The minimum atomic E-state index is -1.37. The van der Waals surface area contributed by atoms with Crippen LogP contribution in [0.2, 0.25) is 0 Å². The van der Waals surface area contributed by atoms with Gasteiger partial charge in [-0.25, -0.2) is 4.79 Å². The van der Waals surface area contributed by atoms with Gasteiger partial charge in [0.1, 0.15) is 6.04 Å². The number of aliphatic carboxylic acids is 1. The number of rotatable bonds is 6. The second kappa shape index (κ2) is 5.94. The summed E-state index contributed by atoms with van der Waals surface area (Å²) < 4.78 is 0. The number of nitrogens with one attached hydrogen (secondary N) is 1. The summed E-state index contributed by atoms with van der Waals surface area (Å²) in [6, 6.07) is -2.37. The van der Waals surface area contributed by atoms with Crippen LogP contribution in [0.4, 0.5) is 0 Å². The molecule has 8 N–H and O–H groups in total. The lowest BCUT2D eigenvalue weighted by Gasteiger charge is -2.15. The van der Waals surface area contributed by atoms with Gasteiger partial charge in [0.25, 0.3) is 0 Å². The molecule has 0 aliphatic carbocycles. The zero-order chi connectivity index (χ0) is 12.0. The number of nitrogens with two attached hydrogens (primary N) is 3. The number of carboxylic acid groups (broad SMARTS) is 1. The first kappa shape index (κ1) is 13.3. The molecule has 0 aromatic carbocycles. The number of carboxylic acids is 1. The smallest absolute Gasteiger partial charge is 0.326 e. The number of hydrogen-bond donors (Lipinski definition) is 5. The lowest BCUT2D eigenvalue weighted by Crippen LogP contribution is -2.52. The first-order chi connectivity index (χ1) is 6.88. The number of carbonyl (C=O) groups excluding carboxylic acids is 2. The van der Waals surface area contributed by atoms with Crippen molar-refractivity contribution in [2.45, 2.75) is 18.5 Å². The second-order valence-corrected chi connectivity index (χ2v) is 2.91. The van der Waals surface area contributed by atoms with E-state index in [4.69, 9.17) is 22.3 Å². The van der Waals surface area contributed by atoms with Gasteiger partial charge < -0.3 is 27.6 Å². The van der Waals surface area contributed by atoms with Crippen LogP contribution in [0.1, 0.15) is 6.42 Å². The summed E-state index contributed by atoms with van der Waals surface area (Å²) in [5, 5.41) is 10.7. The molecule has 8 heteroatoms. The van der Waals surface area contributed by atoms with Gasteiger partial charge >= 0.3 is 5.97 Å². The molecule has 0 rings (SSSR count). The number of primary amides is 1. The van der Waals surface area contributed by atoms with Gasteiger partial charge in [0.2, 0.25) is 11.8 Å². The minimum Gasteiger partial charge on any atom is -0.480 e. The standard InChI is InChI=1S/C7H14N4O4/c8-2-3(9)6(13)11-4(7(14)15)1-5(10)12/h3-4H,1-2,8-9H2,(H2,10,12)(H,11,13)(H,14,15)/t3-,4-/m0/s1. The maximum Gasteiger partial charge on any atom is 0.326 e. The van der Waals surface area contributed by atoms with Crippen molar-refractivity contribution in [3.05, 3.63) is 0 Å². The van der Waals surface area contributed by atoms with Crippen molar-refractivity contribution in [1.82, 2.24) is 5.32 Å². The van der Waals surface area contributed by atoms with Gasteiger partial charge in [-0.05, 0) is 0 Å². The molecule has 0 heterocycles. The molecule has 0 saturated carbocycles. The van der Waals surface area contributed by atoms with Crippen LogP contribution >= 0.6 is 0 Å². The lowest BCUT2D eigenvalue weighted by atomic mass is 10.2. The molecule has 2 amide bonds. The largest absolute Gasteiger partial charge is 0.480 e. The topological polar surface area (TPSA) is 162 Å². The maximum absolute atomic E-state index is 11.1. The summed E-state index contributed by atoms with van der Waals surface area (Å²) in [5.41, 5.74) is 15.2. The Bertz CT molecular complexity index is 268. The van der Waals surface area contributed by atoms with Crippen LogP contribution in [-0.2, 0) is 14.4 Å². The van der Waals surface area contributed by atoms with Crippen LogP contribution < -0.4 is 22.5 Å². The van der Waals surface area contributed by atoms with Crippen LogP contribution in [0.15, 0.2) is 0 Å². The van der Waals surface area contributed by atoms with Crippen LogP contribution in [0.25, 0.3) is 0 Å². The predicted molar refractivity (Wildman–Crippen MR) is 50.4 cm³/mol. The molecule has 86 valence electrons. The van der Waals surface area contributed by atoms with E-state index < -0.39 is 36.3 Å². The first-order valence-corrected chi connectivity index (χ1v) is 4.15. The fourth-order valence-corrected chi connectivity index (χ4v) is 0.787. The van der Waals surface area contributed by atoms with Gasteiger partial charge in [-0.2, -0.15) is 0 Å². The van der Waals surface area contributed by atoms with Crippen molar-refractivity contribution < 1.29 is 19.5 Å². The highest BCUT2D eigenvalue weighted by Gasteiger charge is 2.24. The van der Waals surface area contributed by atoms with Gasteiger partial charge in [-0.15, -0.1) is 0 Å². The summed E-state index contributed by atoms with van der Waals surface area (Å²) in [4.78, 5) is 32.2. The Hall–Kier alpha value is -1.67. The molecule has 0 radical (unpaired) electrons. The van der Waals surface area contributed by atoms with E-state index in [0.29, 0.717) is 0 Å². The zero-order valence-corrected chi connectivity index (χ0v) is 7.97. The molecule has 8 nitrogen and oxygen atoms in total. The van der Waals surface area contributed by atoms with Crippen LogP contribution in [-0.4, -0.2) is 41.5 Å². The van der Waals surface area contributed by atoms with E-state index in [1.165, 1.54) is 0 Å². The average molecular weight is 218 g/mol. The average Bonchev–Trinajstić information content (AvgIpc) is 2.14. The van der Waals surface area contributed by atoms with Gasteiger partial charge in [0.05, 0.1) is 12.5 Å². The Morgan fingerprint density at radius 1 is 1.33 bits per heavy atom. The molecule has 0 bridgehead atoms. The van der Waals surface area contributed by atoms with E-state index in [2.05, 4.69) is 5.32 Å². The Morgan fingerprint density at radius 3 is 2.20 bits per heavy atom. The Balaban J connectivity index is 4.35. The second-order valence-electron chi connectivity index (χ2n) is 2.91. The lowest BCUT2D eigenvalue weighted by molar-refractivity contribution is -0.143. The van der Waals surface area contributed by atoms with Gasteiger partial charge in [0.15, 0.2) is 0 Å². The molecule has 2 atom stereocenters. The van der Waals surface area contributed by atoms with Gasteiger partial charge in [0, 0.05) is 6.54 Å². The van der Waals surface area contributed by atoms with E-state index in [1.807, 2.05) is 0 Å². The normalized spacial score (nSPS) is 14.0. The monoisotopic (exact) mass is 218 g/mol. The van der Waals surface area contributed by atoms with Crippen molar-refractivity contribution >= 4 is 17.8 Å². The summed E-state index contributed by atoms with van der Waals surface area (Å²) in [6.45, 7) is -0.116. The Labute approximate surface area is 85.8 Å². The predicted octanol–water partition coefficient (Wildman–Crippen LogP) is -3.28. The van der Waals surface area contributed by atoms with E-state index in [1.54, 1.807) is 0 Å². The molecule has 0 aliphatic rings. The quantitative estimate of drug-likeness (QED) is 0.314. The van der Waals surface area contributed by atoms with E-state index in [9.17, 15) is 14.4 Å². The SMILES string of the molecule is NC[C@H](N)C(=O)N[C@@H](CC(N)=O)C(=O)O. The number of hydrogen-bond acceptors (Lipinski definition) is 5. The molecule has 0 unspecified atom stereocenters. The molecular formula is C7H14N4O4. The molecule has 0 saturated heterocycles. The van der Waals surface area contributed by atoms with E-state index >= 15 is 0 Å². The third-order valence-electron chi connectivity index (χ3n) is 1.61. The molecule has 0 aromatic rings. The highest BCUT2D eigenvalue weighted by molar-refractivity contribution is 5.90. The van der Waals surface area contributed by atoms with Crippen LogP contribution in [0.5, 0.6) is 0 Å². The van der Waals surface area contributed by atoms with Crippen molar-refractivity contribution in [2.75, 3.05) is 6.54 Å². The van der Waals surface area contributed by atoms with E-state index in [0.717, 1.165) is 0 Å². The van der Waals surface area contributed by atoms with E-state index in [-0.39, 0.29) is 6.54 Å². The molecule has 15 heavy (non-hydrogen) atoms.